The van der Waals surface area contributed by atoms with Gasteiger partial charge in [-0.1, -0.05) is 6.92 Å². The monoisotopic (exact) mass is 258 g/mol. The summed E-state index contributed by atoms with van der Waals surface area (Å²) in [6, 6.07) is -0.212. The molecule has 0 saturated carbocycles. The van der Waals surface area contributed by atoms with E-state index in [1.807, 2.05) is 0 Å². The highest BCUT2D eigenvalue weighted by Gasteiger charge is 2.27. The molecule has 18 heavy (non-hydrogen) atoms. The molecule has 1 aliphatic heterocycles. The van der Waals surface area contributed by atoms with Gasteiger partial charge in [0.15, 0.2) is 0 Å². The van der Waals surface area contributed by atoms with E-state index in [1.165, 1.54) is 7.11 Å². The van der Waals surface area contributed by atoms with Gasteiger partial charge in [0.1, 0.15) is 6.04 Å². The van der Waals surface area contributed by atoms with Gasteiger partial charge in [0.2, 0.25) is 0 Å². The molecule has 5 heteroatoms. The van der Waals surface area contributed by atoms with Crippen molar-refractivity contribution in [3.63, 3.8) is 0 Å². The molecule has 0 aromatic heterocycles. The minimum Gasteiger partial charge on any atom is -0.468 e. The lowest BCUT2D eigenvalue weighted by Gasteiger charge is -2.23. The Bertz CT molecular complexity index is 248. The molecule has 1 rings (SSSR count). The molecule has 0 bridgehead atoms. The zero-order valence-corrected chi connectivity index (χ0v) is 11.8. The van der Waals surface area contributed by atoms with Crippen LogP contribution in [0.15, 0.2) is 0 Å². The summed E-state index contributed by atoms with van der Waals surface area (Å²) < 4.78 is 10.0. The van der Waals surface area contributed by atoms with Crippen molar-refractivity contribution in [3.8, 4) is 0 Å². The fraction of sp³-hybridized carbons (Fsp3) is 0.923. The van der Waals surface area contributed by atoms with Gasteiger partial charge in [-0.25, -0.2) is 0 Å². The number of hydrogen-bond donors (Lipinski definition) is 1. The molecule has 5 nitrogen and oxygen atoms in total. The summed E-state index contributed by atoms with van der Waals surface area (Å²) in [5.41, 5.74) is 0. The topological polar surface area (TPSA) is 50.8 Å². The van der Waals surface area contributed by atoms with Crippen LogP contribution in [0.5, 0.6) is 0 Å². The van der Waals surface area contributed by atoms with Gasteiger partial charge in [0.25, 0.3) is 0 Å². The summed E-state index contributed by atoms with van der Waals surface area (Å²) in [7, 11) is 3.18. The van der Waals surface area contributed by atoms with Crippen molar-refractivity contribution < 1.29 is 14.3 Å². The number of carbonyl (C=O) groups excluding carboxylic acids is 1. The van der Waals surface area contributed by atoms with E-state index in [9.17, 15) is 4.79 Å². The summed E-state index contributed by atoms with van der Waals surface area (Å²) in [4.78, 5) is 14.0. The largest absolute Gasteiger partial charge is 0.468 e. The molecule has 1 heterocycles. The molecule has 2 unspecified atom stereocenters. The number of nitrogens with one attached hydrogen (secondary N) is 1. The van der Waals surface area contributed by atoms with Gasteiger partial charge in [-0.2, -0.15) is 0 Å². The highest BCUT2D eigenvalue weighted by molar-refractivity contribution is 5.75. The summed E-state index contributed by atoms with van der Waals surface area (Å²) in [5, 5.41) is 3.25. The van der Waals surface area contributed by atoms with Crippen LogP contribution in [0.25, 0.3) is 0 Å². The quantitative estimate of drug-likeness (QED) is 0.642. The fourth-order valence-electron chi connectivity index (χ4n) is 2.39. The summed E-state index contributed by atoms with van der Waals surface area (Å²) in [6.07, 6.45) is 2.16. The predicted molar refractivity (Wildman–Crippen MR) is 70.5 cm³/mol. The Morgan fingerprint density at radius 1 is 1.50 bits per heavy atom. The van der Waals surface area contributed by atoms with Crippen molar-refractivity contribution in [1.82, 2.24) is 10.2 Å². The van der Waals surface area contributed by atoms with Gasteiger partial charge in [0, 0.05) is 20.2 Å². The molecular weight excluding hydrogens is 232 g/mol. The van der Waals surface area contributed by atoms with Crippen LogP contribution in [0.4, 0.5) is 0 Å². The van der Waals surface area contributed by atoms with Crippen molar-refractivity contribution in [3.05, 3.63) is 0 Å². The van der Waals surface area contributed by atoms with E-state index in [0.717, 1.165) is 45.6 Å². The van der Waals surface area contributed by atoms with Crippen LogP contribution in [0.2, 0.25) is 0 Å². The van der Waals surface area contributed by atoms with Gasteiger partial charge >= 0.3 is 5.97 Å². The van der Waals surface area contributed by atoms with E-state index in [4.69, 9.17) is 9.47 Å². The molecule has 106 valence electrons. The van der Waals surface area contributed by atoms with Crippen LogP contribution >= 0.6 is 0 Å². The number of methoxy groups -OCH3 is 2. The lowest BCUT2D eigenvalue weighted by atomic mass is 10.1. The molecule has 0 aromatic carbocycles. The number of hydrogen-bond acceptors (Lipinski definition) is 5. The Kier molecular flexibility index (Phi) is 7.23. The highest BCUT2D eigenvalue weighted by atomic mass is 16.5. The van der Waals surface area contributed by atoms with E-state index >= 15 is 0 Å². The number of ether oxygens (including phenoxy) is 2. The van der Waals surface area contributed by atoms with Crippen molar-refractivity contribution in [2.45, 2.75) is 25.8 Å². The summed E-state index contributed by atoms with van der Waals surface area (Å²) in [5.74, 6) is 0.429. The number of nitrogens with zero attached hydrogens (tertiary/aromatic N) is 1. The third-order valence-corrected chi connectivity index (χ3v) is 3.34. The number of esters is 1. The third-order valence-electron chi connectivity index (χ3n) is 3.34. The average molecular weight is 258 g/mol. The molecule has 1 N–H and O–H groups in total. The Morgan fingerprint density at radius 2 is 2.28 bits per heavy atom. The average Bonchev–Trinajstić information content (AvgIpc) is 2.81. The summed E-state index contributed by atoms with van der Waals surface area (Å²) >= 11 is 0. The van der Waals surface area contributed by atoms with Crippen molar-refractivity contribution in [2.75, 3.05) is 47.0 Å². The zero-order chi connectivity index (χ0) is 13.4. The van der Waals surface area contributed by atoms with Gasteiger partial charge in [-0.05, 0) is 31.8 Å². The van der Waals surface area contributed by atoms with E-state index in [0.29, 0.717) is 5.92 Å². The van der Waals surface area contributed by atoms with Crippen LogP contribution in [0, 0.1) is 5.92 Å². The Balaban J connectivity index is 2.38. The number of carbonyl (C=O) groups is 1. The van der Waals surface area contributed by atoms with Crippen LogP contribution in [0.1, 0.15) is 19.8 Å². The third kappa shape index (κ3) is 4.92. The predicted octanol–water partition coefficient (Wildman–Crippen LogP) is 0.496. The van der Waals surface area contributed by atoms with Crippen molar-refractivity contribution >= 4 is 5.97 Å². The van der Waals surface area contributed by atoms with Gasteiger partial charge < -0.3 is 19.7 Å². The second-order valence-electron chi connectivity index (χ2n) is 4.90. The van der Waals surface area contributed by atoms with Crippen LogP contribution < -0.4 is 5.32 Å². The van der Waals surface area contributed by atoms with E-state index in [1.54, 1.807) is 7.11 Å². The second kappa shape index (κ2) is 8.45. The molecule has 0 aliphatic carbocycles. The molecule has 2 atom stereocenters. The molecule has 0 radical (unpaired) electrons. The smallest absolute Gasteiger partial charge is 0.324 e. The maximum absolute atomic E-state index is 11.7. The molecule has 0 amide bonds. The minimum atomic E-state index is -0.212. The van der Waals surface area contributed by atoms with E-state index in [-0.39, 0.29) is 12.0 Å². The summed E-state index contributed by atoms with van der Waals surface area (Å²) in [6.45, 7) is 6.51. The first kappa shape index (κ1) is 15.4. The minimum absolute atomic E-state index is 0.168. The molecule has 1 fully saturated rings. The van der Waals surface area contributed by atoms with Gasteiger partial charge in [-0.15, -0.1) is 0 Å². The maximum atomic E-state index is 11.7. The van der Waals surface area contributed by atoms with Crippen molar-refractivity contribution in [2.24, 2.45) is 5.92 Å². The highest BCUT2D eigenvalue weighted by Crippen LogP contribution is 2.16. The first-order valence-electron chi connectivity index (χ1n) is 6.73. The van der Waals surface area contributed by atoms with Crippen LogP contribution in [0.3, 0.4) is 0 Å². The molecule has 0 aromatic rings. The fourth-order valence-corrected chi connectivity index (χ4v) is 2.39. The second-order valence-corrected chi connectivity index (χ2v) is 4.90. The first-order valence-corrected chi connectivity index (χ1v) is 6.73. The first-order chi connectivity index (χ1) is 8.71. The van der Waals surface area contributed by atoms with Crippen LogP contribution in [-0.2, 0) is 14.3 Å². The lowest BCUT2D eigenvalue weighted by Crippen LogP contribution is -2.46. The standard InChI is InChI=1S/C13H26N2O3/c1-4-6-14-12(13(16)18-3)9-15-7-5-11(8-15)10-17-2/h11-12,14H,4-10H2,1-3H3. The van der Waals surface area contributed by atoms with Crippen LogP contribution in [-0.4, -0.2) is 63.9 Å². The number of rotatable bonds is 8. The van der Waals surface area contributed by atoms with E-state index < -0.39 is 0 Å². The Hall–Kier alpha value is -0.650. The Labute approximate surface area is 110 Å². The molecule has 1 saturated heterocycles. The molecular formula is C13H26N2O3. The maximum Gasteiger partial charge on any atom is 0.324 e. The van der Waals surface area contributed by atoms with Crippen molar-refractivity contribution in [1.29, 1.82) is 0 Å². The molecule has 0 spiro atoms. The number of likely N-dealkylation sites (tertiary alicyclic amines) is 1. The normalized spacial score (nSPS) is 22.1. The molecule has 1 aliphatic rings. The lowest BCUT2D eigenvalue weighted by molar-refractivity contribution is -0.143. The van der Waals surface area contributed by atoms with E-state index in [2.05, 4.69) is 17.1 Å². The SMILES string of the molecule is CCCNC(CN1CCC(COC)C1)C(=O)OC. The van der Waals surface area contributed by atoms with Gasteiger partial charge in [-0.3, -0.25) is 4.79 Å². The zero-order valence-electron chi connectivity index (χ0n) is 11.8. The Morgan fingerprint density at radius 3 is 2.89 bits per heavy atom. The van der Waals surface area contributed by atoms with Gasteiger partial charge in [0.05, 0.1) is 13.7 Å².